The number of nitrogens with zero attached hydrogens (tertiary/aromatic N) is 3. The molecule has 1 aromatic heterocycles. The van der Waals surface area contributed by atoms with E-state index in [1.165, 1.54) is 35.6 Å². The third-order valence-corrected chi connectivity index (χ3v) is 8.29. The van der Waals surface area contributed by atoms with E-state index in [9.17, 15) is 17.6 Å². The van der Waals surface area contributed by atoms with Crippen LogP contribution >= 0.6 is 23.7 Å². The van der Waals surface area contributed by atoms with E-state index in [0.717, 1.165) is 19.6 Å². The summed E-state index contributed by atoms with van der Waals surface area (Å²) < 4.78 is 45.0. The number of sulfone groups is 1. The van der Waals surface area contributed by atoms with Crippen molar-refractivity contribution < 1.29 is 22.3 Å². The molecule has 34 heavy (non-hydrogen) atoms. The van der Waals surface area contributed by atoms with Gasteiger partial charge in [0.25, 0.3) is 0 Å². The van der Waals surface area contributed by atoms with Crippen molar-refractivity contribution in [2.45, 2.75) is 17.7 Å². The van der Waals surface area contributed by atoms with E-state index < -0.39 is 9.84 Å². The van der Waals surface area contributed by atoms with Crippen LogP contribution in [0.3, 0.4) is 0 Å². The van der Waals surface area contributed by atoms with Gasteiger partial charge in [-0.25, -0.2) is 17.8 Å². The van der Waals surface area contributed by atoms with E-state index in [-0.39, 0.29) is 41.2 Å². The quantitative estimate of drug-likeness (QED) is 0.421. The zero-order valence-electron chi connectivity index (χ0n) is 18.6. The molecule has 4 rings (SSSR count). The molecule has 2 aromatic carbocycles. The van der Waals surface area contributed by atoms with Crippen LogP contribution in [0.1, 0.15) is 12.8 Å². The van der Waals surface area contributed by atoms with Gasteiger partial charge in [-0.15, -0.1) is 12.4 Å². The molecule has 1 saturated heterocycles. The van der Waals surface area contributed by atoms with Crippen molar-refractivity contribution in [1.29, 1.82) is 0 Å². The first-order valence-electron chi connectivity index (χ1n) is 10.9. The molecule has 0 spiro atoms. The number of amides is 1. The fourth-order valence-corrected chi connectivity index (χ4v) is 5.99. The number of hydrogen-bond donors (Lipinski definition) is 0. The standard InChI is InChI=1S/C23H26FN3O4S2.ClH/c24-18-7-8-20-21(17-18)32-23(25-20)27(11-4-10-26-12-14-31-15-13-26)22(28)9-16-33(29,30)19-5-2-1-3-6-19;/h1-3,5-8,17H,4,9-16H2;1H. The van der Waals surface area contributed by atoms with Gasteiger partial charge in [-0.2, -0.15) is 0 Å². The second-order valence-corrected chi connectivity index (χ2v) is 11.0. The van der Waals surface area contributed by atoms with Crippen LogP contribution < -0.4 is 4.90 Å². The first kappa shape index (κ1) is 26.5. The molecule has 0 N–H and O–H groups in total. The van der Waals surface area contributed by atoms with Crippen molar-refractivity contribution in [3.8, 4) is 0 Å². The summed E-state index contributed by atoms with van der Waals surface area (Å²) in [5, 5.41) is 0.458. The molecule has 0 bridgehead atoms. The highest BCUT2D eigenvalue weighted by Crippen LogP contribution is 2.30. The summed E-state index contributed by atoms with van der Waals surface area (Å²) >= 11 is 1.23. The molecule has 0 saturated carbocycles. The van der Waals surface area contributed by atoms with E-state index >= 15 is 0 Å². The Hall–Kier alpha value is -2.11. The lowest BCUT2D eigenvalue weighted by Crippen LogP contribution is -2.39. The van der Waals surface area contributed by atoms with Gasteiger partial charge in [-0.1, -0.05) is 29.5 Å². The van der Waals surface area contributed by atoms with Gasteiger partial charge in [-0.3, -0.25) is 14.6 Å². The van der Waals surface area contributed by atoms with Crippen molar-refractivity contribution in [3.05, 3.63) is 54.3 Å². The predicted molar refractivity (Wildman–Crippen MR) is 134 cm³/mol. The Bertz CT molecular complexity index is 1200. The molecule has 0 radical (unpaired) electrons. The minimum atomic E-state index is -3.58. The van der Waals surface area contributed by atoms with E-state index in [0.29, 0.717) is 41.5 Å². The predicted octanol–water partition coefficient (Wildman–Crippen LogP) is 3.78. The SMILES string of the molecule is Cl.O=C(CCS(=O)(=O)c1ccccc1)N(CCCN1CCOCC1)c1nc2ccc(F)cc2s1. The molecule has 2 heterocycles. The number of rotatable bonds is 9. The minimum Gasteiger partial charge on any atom is -0.379 e. The molecular weight excluding hydrogens is 501 g/mol. The fourth-order valence-electron chi connectivity index (χ4n) is 3.71. The van der Waals surface area contributed by atoms with Crippen LogP contribution in [0.25, 0.3) is 10.2 Å². The molecule has 1 aliphatic heterocycles. The number of carbonyl (C=O) groups excluding carboxylic acids is 1. The lowest BCUT2D eigenvalue weighted by Gasteiger charge is -2.27. The zero-order valence-corrected chi connectivity index (χ0v) is 21.0. The third kappa shape index (κ3) is 6.73. The number of thiazole rings is 1. The first-order valence-corrected chi connectivity index (χ1v) is 13.3. The Kier molecular flexibility index (Phi) is 9.38. The summed E-state index contributed by atoms with van der Waals surface area (Å²) in [4.78, 5) is 21.7. The van der Waals surface area contributed by atoms with E-state index in [2.05, 4.69) is 9.88 Å². The number of anilines is 1. The molecular formula is C23H27ClFN3O4S2. The van der Waals surface area contributed by atoms with Gasteiger partial charge in [0.15, 0.2) is 15.0 Å². The molecule has 0 atom stereocenters. The normalized spacial score (nSPS) is 14.6. The van der Waals surface area contributed by atoms with Crippen molar-refractivity contribution in [3.63, 3.8) is 0 Å². The topological polar surface area (TPSA) is 79.8 Å². The number of carbonyl (C=O) groups is 1. The summed E-state index contributed by atoms with van der Waals surface area (Å²) in [6.45, 7) is 4.30. The summed E-state index contributed by atoms with van der Waals surface area (Å²) in [7, 11) is -3.58. The van der Waals surface area contributed by atoms with Gasteiger partial charge in [0.2, 0.25) is 5.91 Å². The third-order valence-electron chi connectivity index (χ3n) is 5.52. The highest BCUT2D eigenvalue weighted by molar-refractivity contribution is 7.91. The van der Waals surface area contributed by atoms with Gasteiger partial charge >= 0.3 is 0 Å². The maximum absolute atomic E-state index is 13.6. The van der Waals surface area contributed by atoms with Crippen LogP contribution in [0.2, 0.25) is 0 Å². The number of benzene rings is 2. The summed E-state index contributed by atoms with van der Waals surface area (Å²) in [6, 6.07) is 12.4. The summed E-state index contributed by atoms with van der Waals surface area (Å²) in [5.41, 5.74) is 0.610. The van der Waals surface area contributed by atoms with Crippen molar-refractivity contribution in [2.24, 2.45) is 0 Å². The smallest absolute Gasteiger partial charge is 0.229 e. The maximum atomic E-state index is 13.6. The average molecular weight is 528 g/mol. The van der Waals surface area contributed by atoms with Crippen LogP contribution in [0.15, 0.2) is 53.4 Å². The Morgan fingerprint density at radius 1 is 1.15 bits per heavy atom. The monoisotopic (exact) mass is 527 g/mol. The van der Waals surface area contributed by atoms with Gasteiger partial charge in [0.1, 0.15) is 5.82 Å². The molecule has 11 heteroatoms. The van der Waals surface area contributed by atoms with Crippen molar-refractivity contribution in [2.75, 3.05) is 50.0 Å². The number of fused-ring (bicyclic) bond motifs is 1. The van der Waals surface area contributed by atoms with Gasteiger partial charge in [0.05, 0.1) is 34.1 Å². The molecule has 1 amide bonds. The lowest BCUT2D eigenvalue weighted by molar-refractivity contribution is -0.118. The Balaban J connectivity index is 0.00000324. The first-order chi connectivity index (χ1) is 15.9. The Labute approximate surface area is 208 Å². The van der Waals surface area contributed by atoms with E-state index in [1.54, 1.807) is 29.2 Å². The van der Waals surface area contributed by atoms with Crippen molar-refractivity contribution in [1.82, 2.24) is 9.88 Å². The molecule has 1 aliphatic rings. The highest BCUT2D eigenvalue weighted by Gasteiger charge is 2.23. The summed E-state index contributed by atoms with van der Waals surface area (Å²) in [5.74, 6) is -0.956. The molecule has 184 valence electrons. The van der Waals surface area contributed by atoms with E-state index in [1.807, 2.05) is 0 Å². The maximum Gasteiger partial charge on any atom is 0.229 e. The van der Waals surface area contributed by atoms with Gasteiger partial charge in [0, 0.05) is 32.6 Å². The second-order valence-electron chi connectivity index (χ2n) is 7.84. The Morgan fingerprint density at radius 3 is 2.62 bits per heavy atom. The molecule has 0 aliphatic carbocycles. The number of aromatic nitrogens is 1. The zero-order chi connectivity index (χ0) is 23.3. The van der Waals surface area contributed by atoms with Gasteiger partial charge in [-0.05, 0) is 36.8 Å². The van der Waals surface area contributed by atoms with Gasteiger partial charge < -0.3 is 4.74 Å². The summed E-state index contributed by atoms with van der Waals surface area (Å²) in [6.07, 6.45) is 0.556. The number of halogens is 2. The number of hydrogen-bond acceptors (Lipinski definition) is 7. The molecule has 0 unspecified atom stereocenters. The second kappa shape index (κ2) is 12.0. The molecule has 7 nitrogen and oxygen atoms in total. The number of ether oxygens (including phenoxy) is 1. The van der Waals surface area contributed by atoms with Crippen molar-refractivity contribution >= 4 is 54.8 Å². The van der Waals surface area contributed by atoms with Crippen LogP contribution in [0, 0.1) is 5.82 Å². The minimum absolute atomic E-state index is 0. The fraction of sp³-hybridized carbons (Fsp3) is 0.391. The van der Waals surface area contributed by atoms with Crippen LogP contribution in [-0.4, -0.2) is 69.4 Å². The number of morpholine rings is 1. The highest BCUT2D eigenvalue weighted by atomic mass is 35.5. The van der Waals surface area contributed by atoms with Crippen LogP contribution in [0.4, 0.5) is 9.52 Å². The molecule has 3 aromatic rings. The van der Waals surface area contributed by atoms with Crippen LogP contribution in [-0.2, 0) is 19.4 Å². The van der Waals surface area contributed by atoms with Crippen LogP contribution in [0.5, 0.6) is 0 Å². The Morgan fingerprint density at radius 2 is 1.88 bits per heavy atom. The van der Waals surface area contributed by atoms with E-state index in [4.69, 9.17) is 4.74 Å². The largest absolute Gasteiger partial charge is 0.379 e. The lowest BCUT2D eigenvalue weighted by atomic mass is 10.3. The molecule has 1 fully saturated rings. The average Bonchev–Trinajstić information content (AvgIpc) is 3.24.